The summed E-state index contributed by atoms with van der Waals surface area (Å²) < 4.78 is 0. The zero-order valence-corrected chi connectivity index (χ0v) is 7.08. The Balaban J connectivity index is 2.57. The van der Waals surface area contributed by atoms with E-state index in [1.165, 1.54) is 0 Å². The molecule has 1 heterocycles. The Hall–Kier alpha value is -1.38. The number of primary amides is 1. The van der Waals surface area contributed by atoms with Crippen LogP contribution in [0.5, 0.6) is 0 Å². The van der Waals surface area contributed by atoms with Gasteiger partial charge in [0.25, 0.3) is 0 Å². The number of pyridine rings is 1. The Bertz CT molecular complexity index is 284. The van der Waals surface area contributed by atoms with E-state index in [0.717, 1.165) is 11.3 Å². The highest BCUT2D eigenvalue weighted by atomic mass is 16.1. The van der Waals surface area contributed by atoms with Crippen LogP contribution in [0.4, 0.5) is 0 Å². The SMILES string of the molecule is Cc1cc(CCC(N)=O)ccn1. The molecule has 0 aliphatic rings. The maximum absolute atomic E-state index is 10.5. The molecule has 0 saturated heterocycles. The van der Waals surface area contributed by atoms with E-state index in [1.807, 2.05) is 19.1 Å². The number of aromatic nitrogens is 1. The number of carbonyl (C=O) groups excluding carboxylic acids is 1. The largest absolute Gasteiger partial charge is 0.370 e. The predicted octanol–water partition coefficient (Wildman–Crippen LogP) is 0.808. The van der Waals surface area contributed by atoms with Crippen LogP contribution in [0.25, 0.3) is 0 Å². The first-order valence-corrected chi connectivity index (χ1v) is 3.88. The molecule has 0 unspecified atom stereocenters. The molecule has 0 aromatic carbocycles. The number of aryl methyl sites for hydroxylation is 2. The smallest absolute Gasteiger partial charge is 0.217 e. The zero-order chi connectivity index (χ0) is 8.97. The zero-order valence-electron chi connectivity index (χ0n) is 7.08. The van der Waals surface area contributed by atoms with E-state index in [9.17, 15) is 4.79 Å². The quantitative estimate of drug-likeness (QED) is 0.718. The molecule has 0 bridgehead atoms. The van der Waals surface area contributed by atoms with E-state index in [0.29, 0.717) is 12.8 Å². The summed E-state index contributed by atoms with van der Waals surface area (Å²) in [6.45, 7) is 1.92. The molecule has 0 atom stereocenters. The van der Waals surface area contributed by atoms with Gasteiger partial charge in [0.2, 0.25) is 5.91 Å². The predicted molar refractivity (Wildman–Crippen MR) is 46.5 cm³/mol. The fourth-order valence-electron chi connectivity index (χ4n) is 1.03. The minimum Gasteiger partial charge on any atom is -0.370 e. The average Bonchev–Trinajstić information content (AvgIpc) is 2.01. The van der Waals surface area contributed by atoms with E-state index in [4.69, 9.17) is 5.73 Å². The van der Waals surface area contributed by atoms with Crippen molar-refractivity contribution in [1.82, 2.24) is 4.98 Å². The number of carbonyl (C=O) groups is 1. The van der Waals surface area contributed by atoms with Gasteiger partial charge in [-0.1, -0.05) is 0 Å². The lowest BCUT2D eigenvalue weighted by molar-refractivity contribution is -0.117. The second-order valence-corrected chi connectivity index (χ2v) is 2.77. The first-order valence-electron chi connectivity index (χ1n) is 3.88. The van der Waals surface area contributed by atoms with Crippen LogP contribution in [0.3, 0.4) is 0 Å². The standard InChI is InChI=1S/C9H12N2O/c1-7-6-8(4-5-11-7)2-3-9(10)12/h4-6H,2-3H2,1H3,(H2,10,12). The van der Waals surface area contributed by atoms with E-state index in [-0.39, 0.29) is 5.91 Å². The maximum atomic E-state index is 10.5. The Kier molecular flexibility index (Phi) is 2.80. The van der Waals surface area contributed by atoms with E-state index >= 15 is 0 Å². The number of amides is 1. The van der Waals surface area contributed by atoms with Gasteiger partial charge in [0.05, 0.1) is 0 Å². The van der Waals surface area contributed by atoms with Gasteiger partial charge in [-0.3, -0.25) is 9.78 Å². The maximum Gasteiger partial charge on any atom is 0.217 e. The summed E-state index contributed by atoms with van der Waals surface area (Å²) >= 11 is 0. The van der Waals surface area contributed by atoms with E-state index in [2.05, 4.69) is 4.98 Å². The number of rotatable bonds is 3. The Morgan fingerprint density at radius 2 is 2.42 bits per heavy atom. The van der Waals surface area contributed by atoms with Crippen molar-refractivity contribution in [3.05, 3.63) is 29.6 Å². The van der Waals surface area contributed by atoms with Crippen LogP contribution in [-0.2, 0) is 11.2 Å². The molecule has 1 aromatic rings. The molecule has 0 saturated carbocycles. The van der Waals surface area contributed by atoms with Gasteiger partial charge >= 0.3 is 0 Å². The first kappa shape index (κ1) is 8.71. The van der Waals surface area contributed by atoms with Crippen LogP contribution < -0.4 is 5.73 Å². The molecule has 3 heteroatoms. The lowest BCUT2D eigenvalue weighted by Gasteiger charge is -1.98. The van der Waals surface area contributed by atoms with Gasteiger partial charge in [0, 0.05) is 18.3 Å². The molecule has 2 N–H and O–H groups in total. The summed E-state index contributed by atoms with van der Waals surface area (Å²) in [6.07, 6.45) is 2.85. The minimum absolute atomic E-state index is 0.260. The summed E-state index contributed by atoms with van der Waals surface area (Å²) in [4.78, 5) is 14.5. The number of nitrogens with zero attached hydrogens (tertiary/aromatic N) is 1. The highest BCUT2D eigenvalue weighted by Crippen LogP contribution is 2.03. The van der Waals surface area contributed by atoms with Crippen LogP contribution in [0.15, 0.2) is 18.3 Å². The number of hydrogen-bond acceptors (Lipinski definition) is 2. The molecule has 64 valence electrons. The molecule has 12 heavy (non-hydrogen) atoms. The molecule has 0 aliphatic carbocycles. The van der Waals surface area contributed by atoms with Crippen molar-refractivity contribution in [2.45, 2.75) is 19.8 Å². The third-order valence-corrected chi connectivity index (χ3v) is 1.62. The van der Waals surface area contributed by atoms with E-state index < -0.39 is 0 Å². The third kappa shape index (κ3) is 2.70. The van der Waals surface area contributed by atoms with Gasteiger partial charge in [0.1, 0.15) is 0 Å². The first-order chi connectivity index (χ1) is 5.68. The van der Waals surface area contributed by atoms with Crippen molar-refractivity contribution < 1.29 is 4.79 Å². The van der Waals surface area contributed by atoms with Gasteiger partial charge in [-0.25, -0.2) is 0 Å². The van der Waals surface area contributed by atoms with Crippen LogP contribution in [-0.4, -0.2) is 10.9 Å². The monoisotopic (exact) mass is 164 g/mol. The van der Waals surface area contributed by atoms with Crippen molar-refractivity contribution in [3.63, 3.8) is 0 Å². The van der Waals surface area contributed by atoms with Gasteiger partial charge < -0.3 is 5.73 Å². The fourth-order valence-corrected chi connectivity index (χ4v) is 1.03. The van der Waals surface area contributed by atoms with E-state index in [1.54, 1.807) is 6.20 Å². The lowest BCUT2D eigenvalue weighted by Crippen LogP contribution is -2.11. The summed E-state index contributed by atoms with van der Waals surface area (Å²) in [5, 5.41) is 0. The second kappa shape index (κ2) is 3.85. The molecule has 0 spiro atoms. The molecule has 1 amide bonds. The fraction of sp³-hybridized carbons (Fsp3) is 0.333. The topological polar surface area (TPSA) is 56.0 Å². The Morgan fingerprint density at radius 1 is 1.67 bits per heavy atom. The number of hydrogen-bond donors (Lipinski definition) is 1. The normalized spacial score (nSPS) is 9.75. The molecular formula is C9H12N2O. The highest BCUT2D eigenvalue weighted by molar-refractivity contribution is 5.73. The van der Waals surface area contributed by atoms with Crippen LogP contribution in [0.1, 0.15) is 17.7 Å². The van der Waals surface area contributed by atoms with Crippen molar-refractivity contribution in [3.8, 4) is 0 Å². The van der Waals surface area contributed by atoms with Crippen molar-refractivity contribution in [1.29, 1.82) is 0 Å². The van der Waals surface area contributed by atoms with Gasteiger partial charge in [0.15, 0.2) is 0 Å². The van der Waals surface area contributed by atoms with Crippen LogP contribution in [0.2, 0.25) is 0 Å². The van der Waals surface area contributed by atoms with Crippen molar-refractivity contribution in [2.75, 3.05) is 0 Å². The summed E-state index contributed by atoms with van der Waals surface area (Å²) in [5.41, 5.74) is 7.11. The summed E-state index contributed by atoms with van der Waals surface area (Å²) in [6, 6.07) is 3.86. The average molecular weight is 164 g/mol. The second-order valence-electron chi connectivity index (χ2n) is 2.77. The molecule has 1 aromatic heterocycles. The highest BCUT2D eigenvalue weighted by Gasteiger charge is 1.97. The number of nitrogens with two attached hydrogens (primary N) is 1. The summed E-state index contributed by atoms with van der Waals surface area (Å²) in [5.74, 6) is -0.260. The van der Waals surface area contributed by atoms with Crippen molar-refractivity contribution in [2.24, 2.45) is 5.73 Å². The van der Waals surface area contributed by atoms with Gasteiger partial charge in [-0.15, -0.1) is 0 Å². The minimum atomic E-state index is -0.260. The van der Waals surface area contributed by atoms with Crippen LogP contribution in [0, 0.1) is 6.92 Å². The summed E-state index contributed by atoms with van der Waals surface area (Å²) in [7, 11) is 0. The van der Waals surface area contributed by atoms with Crippen LogP contribution >= 0.6 is 0 Å². The lowest BCUT2D eigenvalue weighted by atomic mass is 10.1. The Labute approximate surface area is 71.6 Å². The van der Waals surface area contributed by atoms with Gasteiger partial charge in [-0.2, -0.15) is 0 Å². The van der Waals surface area contributed by atoms with Crippen molar-refractivity contribution >= 4 is 5.91 Å². The molecular weight excluding hydrogens is 152 g/mol. The molecule has 0 aliphatic heterocycles. The third-order valence-electron chi connectivity index (χ3n) is 1.62. The Morgan fingerprint density at radius 3 is 3.00 bits per heavy atom. The van der Waals surface area contributed by atoms with Gasteiger partial charge in [-0.05, 0) is 31.0 Å². The molecule has 0 radical (unpaired) electrons. The molecule has 1 rings (SSSR count). The molecule has 0 fully saturated rings. The molecule has 3 nitrogen and oxygen atoms in total.